The molecule has 0 spiro atoms. The van der Waals surface area contributed by atoms with E-state index in [4.69, 9.17) is 4.52 Å². The van der Waals surface area contributed by atoms with E-state index < -0.39 is 0 Å². The average molecular weight is 289 g/mol. The standard InChI is InChI=1S/C15H16FN3O2/c1-9-7-11(3-4-13(9)16)15(20)19-6-5-12(8-19)14-17-10(2)18-21-14/h3-4,7,12H,5-6,8H2,1-2H3. The Morgan fingerprint density at radius 1 is 1.43 bits per heavy atom. The molecule has 5 nitrogen and oxygen atoms in total. The van der Waals surface area contributed by atoms with E-state index in [0.717, 1.165) is 6.42 Å². The maximum Gasteiger partial charge on any atom is 0.253 e. The van der Waals surface area contributed by atoms with E-state index in [1.165, 1.54) is 12.1 Å². The molecule has 110 valence electrons. The minimum absolute atomic E-state index is 0.0803. The molecule has 1 aromatic heterocycles. The van der Waals surface area contributed by atoms with Crippen LogP contribution in [0.5, 0.6) is 0 Å². The van der Waals surface area contributed by atoms with Crippen LogP contribution < -0.4 is 0 Å². The van der Waals surface area contributed by atoms with E-state index in [1.807, 2.05) is 0 Å². The molecule has 0 radical (unpaired) electrons. The van der Waals surface area contributed by atoms with Crippen molar-refractivity contribution >= 4 is 5.91 Å². The van der Waals surface area contributed by atoms with Crippen molar-refractivity contribution in [1.29, 1.82) is 0 Å². The van der Waals surface area contributed by atoms with Crippen LogP contribution in [0.15, 0.2) is 22.7 Å². The molecule has 0 aliphatic carbocycles. The summed E-state index contributed by atoms with van der Waals surface area (Å²) in [7, 11) is 0. The van der Waals surface area contributed by atoms with E-state index >= 15 is 0 Å². The van der Waals surface area contributed by atoms with Gasteiger partial charge in [0.2, 0.25) is 5.89 Å². The van der Waals surface area contributed by atoms with E-state index in [0.29, 0.717) is 35.9 Å². The van der Waals surface area contributed by atoms with Crippen LogP contribution in [-0.2, 0) is 0 Å². The first-order valence-electron chi connectivity index (χ1n) is 6.90. The topological polar surface area (TPSA) is 59.2 Å². The number of hydrogen-bond acceptors (Lipinski definition) is 4. The lowest BCUT2D eigenvalue weighted by Gasteiger charge is -2.16. The molecule has 0 bridgehead atoms. The lowest BCUT2D eigenvalue weighted by Crippen LogP contribution is -2.28. The number of aromatic nitrogens is 2. The van der Waals surface area contributed by atoms with Crippen molar-refractivity contribution in [3.05, 3.63) is 46.9 Å². The molecular formula is C15H16FN3O2. The van der Waals surface area contributed by atoms with Crippen LogP contribution >= 0.6 is 0 Å². The first-order chi connectivity index (χ1) is 10.0. The van der Waals surface area contributed by atoms with Gasteiger partial charge in [-0.15, -0.1) is 0 Å². The fourth-order valence-corrected chi connectivity index (χ4v) is 2.59. The summed E-state index contributed by atoms with van der Waals surface area (Å²) >= 11 is 0. The SMILES string of the molecule is Cc1noc(C2CCN(C(=O)c3ccc(F)c(C)c3)C2)n1. The van der Waals surface area contributed by atoms with Crippen LogP contribution in [0.25, 0.3) is 0 Å². The quantitative estimate of drug-likeness (QED) is 0.852. The Morgan fingerprint density at radius 3 is 2.90 bits per heavy atom. The van der Waals surface area contributed by atoms with Gasteiger partial charge in [0.1, 0.15) is 5.82 Å². The number of carbonyl (C=O) groups is 1. The predicted octanol–water partition coefficient (Wildman–Crippen LogP) is 2.46. The Balaban J connectivity index is 1.73. The number of benzene rings is 1. The van der Waals surface area contributed by atoms with E-state index in [1.54, 1.807) is 24.8 Å². The van der Waals surface area contributed by atoms with Crippen LogP contribution in [0.3, 0.4) is 0 Å². The van der Waals surface area contributed by atoms with Gasteiger partial charge >= 0.3 is 0 Å². The molecular weight excluding hydrogens is 273 g/mol. The molecule has 1 aliphatic heterocycles. The summed E-state index contributed by atoms with van der Waals surface area (Å²) in [4.78, 5) is 18.4. The molecule has 6 heteroatoms. The molecule has 1 aromatic carbocycles. The van der Waals surface area contributed by atoms with Crippen molar-refractivity contribution < 1.29 is 13.7 Å². The molecule has 1 saturated heterocycles. The van der Waals surface area contributed by atoms with Gasteiger partial charge in [-0.3, -0.25) is 4.79 Å². The summed E-state index contributed by atoms with van der Waals surface area (Å²) in [5.74, 6) is 0.878. The average Bonchev–Trinajstić information content (AvgIpc) is 3.09. The Hall–Kier alpha value is -2.24. The highest BCUT2D eigenvalue weighted by Crippen LogP contribution is 2.27. The number of amides is 1. The normalized spacial score (nSPS) is 18.2. The van der Waals surface area contributed by atoms with Gasteiger partial charge in [0, 0.05) is 18.7 Å². The van der Waals surface area contributed by atoms with Crippen LogP contribution in [-0.4, -0.2) is 34.0 Å². The summed E-state index contributed by atoms with van der Waals surface area (Å²) in [5.41, 5.74) is 0.986. The van der Waals surface area contributed by atoms with E-state index in [9.17, 15) is 9.18 Å². The number of rotatable bonds is 2. The summed E-state index contributed by atoms with van der Waals surface area (Å²) in [6, 6.07) is 4.44. The number of aryl methyl sites for hydroxylation is 2. The second-order valence-electron chi connectivity index (χ2n) is 5.38. The second kappa shape index (κ2) is 5.27. The second-order valence-corrected chi connectivity index (χ2v) is 5.38. The zero-order chi connectivity index (χ0) is 15.0. The Labute approximate surface area is 121 Å². The highest BCUT2D eigenvalue weighted by atomic mass is 19.1. The molecule has 3 rings (SSSR count). The molecule has 1 atom stereocenters. The smallest absolute Gasteiger partial charge is 0.253 e. The molecule has 1 aliphatic rings. The van der Waals surface area contributed by atoms with Crippen molar-refractivity contribution in [1.82, 2.24) is 15.0 Å². The van der Waals surface area contributed by atoms with E-state index in [2.05, 4.69) is 10.1 Å². The van der Waals surface area contributed by atoms with Crippen LogP contribution in [0.4, 0.5) is 4.39 Å². The highest BCUT2D eigenvalue weighted by molar-refractivity contribution is 5.94. The Kier molecular flexibility index (Phi) is 3.45. The number of nitrogens with zero attached hydrogens (tertiary/aromatic N) is 3. The van der Waals surface area contributed by atoms with Crippen molar-refractivity contribution in [2.45, 2.75) is 26.2 Å². The van der Waals surface area contributed by atoms with E-state index in [-0.39, 0.29) is 17.6 Å². The van der Waals surface area contributed by atoms with Crippen molar-refractivity contribution in [2.24, 2.45) is 0 Å². The van der Waals surface area contributed by atoms with Gasteiger partial charge in [-0.25, -0.2) is 4.39 Å². The minimum Gasteiger partial charge on any atom is -0.339 e. The Morgan fingerprint density at radius 2 is 2.24 bits per heavy atom. The first kappa shape index (κ1) is 13.7. The fraction of sp³-hybridized carbons (Fsp3) is 0.400. The highest BCUT2D eigenvalue weighted by Gasteiger charge is 2.31. The van der Waals surface area contributed by atoms with Gasteiger partial charge in [0.15, 0.2) is 5.82 Å². The maximum absolute atomic E-state index is 13.3. The van der Waals surface area contributed by atoms with Gasteiger partial charge in [-0.1, -0.05) is 5.16 Å². The number of likely N-dealkylation sites (tertiary alicyclic amines) is 1. The van der Waals surface area contributed by atoms with Gasteiger partial charge in [-0.05, 0) is 44.0 Å². The number of carbonyl (C=O) groups excluding carboxylic acids is 1. The lowest BCUT2D eigenvalue weighted by atomic mass is 10.1. The zero-order valence-corrected chi connectivity index (χ0v) is 12.0. The minimum atomic E-state index is -0.299. The molecule has 1 unspecified atom stereocenters. The van der Waals surface area contributed by atoms with Crippen LogP contribution in [0.2, 0.25) is 0 Å². The largest absolute Gasteiger partial charge is 0.339 e. The third-order valence-corrected chi connectivity index (χ3v) is 3.77. The Bertz CT molecular complexity index is 683. The van der Waals surface area contributed by atoms with Crippen molar-refractivity contribution in [3.63, 3.8) is 0 Å². The maximum atomic E-state index is 13.3. The van der Waals surface area contributed by atoms with Gasteiger partial charge < -0.3 is 9.42 Å². The summed E-state index contributed by atoms with van der Waals surface area (Å²) in [6.45, 7) is 4.62. The predicted molar refractivity (Wildman–Crippen MR) is 73.4 cm³/mol. The molecule has 0 N–H and O–H groups in total. The monoisotopic (exact) mass is 289 g/mol. The lowest BCUT2D eigenvalue weighted by molar-refractivity contribution is 0.0789. The molecule has 2 aromatic rings. The molecule has 0 saturated carbocycles. The van der Waals surface area contributed by atoms with Crippen LogP contribution in [0, 0.1) is 19.7 Å². The summed E-state index contributed by atoms with van der Waals surface area (Å²) in [5, 5.41) is 3.78. The van der Waals surface area contributed by atoms with Gasteiger partial charge in [0.25, 0.3) is 5.91 Å². The summed E-state index contributed by atoms with van der Waals surface area (Å²) in [6.07, 6.45) is 0.799. The van der Waals surface area contributed by atoms with Crippen LogP contribution in [0.1, 0.15) is 40.0 Å². The van der Waals surface area contributed by atoms with Gasteiger partial charge in [-0.2, -0.15) is 4.98 Å². The third kappa shape index (κ3) is 2.66. The van der Waals surface area contributed by atoms with Crippen molar-refractivity contribution in [2.75, 3.05) is 13.1 Å². The molecule has 2 heterocycles. The number of hydrogen-bond donors (Lipinski definition) is 0. The third-order valence-electron chi connectivity index (χ3n) is 3.77. The molecule has 21 heavy (non-hydrogen) atoms. The summed E-state index contributed by atoms with van der Waals surface area (Å²) < 4.78 is 18.4. The zero-order valence-electron chi connectivity index (χ0n) is 12.0. The molecule has 1 fully saturated rings. The van der Waals surface area contributed by atoms with Gasteiger partial charge in [0.05, 0.1) is 5.92 Å². The fourth-order valence-electron chi connectivity index (χ4n) is 2.59. The molecule has 1 amide bonds. The number of halogens is 1. The first-order valence-corrected chi connectivity index (χ1v) is 6.90. The van der Waals surface area contributed by atoms with Crippen molar-refractivity contribution in [3.8, 4) is 0 Å².